The summed E-state index contributed by atoms with van der Waals surface area (Å²) in [4.78, 5) is 14.4. The molecule has 1 amide bonds. The lowest BCUT2D eigenvalue weighted by Crippen LogP contribution is -2.50. The summed E-state index contributed by atoms with van der Waals surface area (Å²) in [5.41, 5.74) is 0.612. The standard InChI is InChI=1S/C17H20N2O4S/c1-23-16-6-5-13-11-15(4-3-14(13)12-16)17(20)18-7-9-19(10-8-18)24(2,21)22/h3-6,11-12H,7-10H2,1-2H3. The molecule has 2 aromatic rings. The lowest BCUT2D eigenvalue weighted by atomic mass is 10.1. The van der Waals surface area contributed by atoms with Gasteiger partial charge in [-0.05, 0) is 35.0 Å². The van der Waals surface area contributed by atoms with Crippen molar-refractivity contribution in [2.24, 2.45) is 0 Å². The number of carbonyl (C=O) groups excluding carboxylic acids is 1. The van der Waals surface area contributed by atoms with Crippen LogP contribution < -0.4 is 4.74 Å². The number of methoxy groups -OCH3 is 1. The number of sulfonamides is 1. The number of hydrogen-bond donors (Lipinski definition) is 0. The van der Waals surface area contributed by atoms with Gasteiger partial charge >= 0.3 is 0 Å². The first kappa shape index (κ1) is 16.7. The van der Waals surface area contributed by atoms with E-state index in [0.29, 0.717) is 31.7 Å². The number of fused-ring (bicyclic) bond motifs is 1. The Bertz CT molecular complexity index is 871. The van der Waals surface area contributed by atoms with E-state index in [1.165, 1.54) is 10.6 Å². The molecule has 0 N–H and O–H groups in total. The summed E-state index contributed by atoms with van der Waals surface area (Å²) >= 11 is 0. The van der Waals surface area contributed by atoms with Crippen LogP contribution in [-0.2, 0) is 10.0 Å². The molecule has 0 unspecified atom stereocenters. The maximum Gasteiger partial charge on any atom is 0.253 e. The summed E-state index contributed by atoms with van der Waals surface area (Å²) in [6.07, 6.45) is 1.20. The number of hydrogen-bond acceptors (Lipinski definition) is 4. The van der Waals surface area contributed by atoms with Crippen molar-refractivity contribution < 1.29 is 17.9 Å². The van der Waals surface area contributed by atoms with E-state index in [0.717, 1.165) is 16.5 Å². The molecule has 3 rings (SSSR count). The van der Waals surface area contributed by atoms with Crippen molar-refractivity contribution in [3.63, 3.8) is 0 Å². The average molecular weight is 348 g/mol. The molecule has 0 saturated carbocycles. The molecular formula is C17H20N2O4S. The zero-order chi connectivity index (χ0) is 17.3. The Morgan fingerprint density at radius 2 is 1.62 bits per heavy atom. The molecule has 1 aliphatic rings. The van der Waals surface area contributed by atoms with Gasteiger partial charge in [-0.2, -0.15) is 4.31 Å². The normalized spacial score (nSPS) is 16.3. The maximum absolute atomic E-state index is 12.7. The molecule has 128 valence electrons. The molecule has 1 aliphatic heterocycles. The van der Waals surface area contributed by atoms with Crippen molar-refractivity contribution in [3.8, 4) is 5.75 Å². The fraction of sp³-hybridized carbons (Fsp3) is 0.353. The molecular weight excluding hydrogens is 328 g/mol. The van der Waals surface area contributed by atoms with Gasteiger partial charge in [0.05, 0.1) is 13.4 Å². The summed E-state index contributed by atoms with van der Waals surface area (Å²) in [7, 11) is -1.57. The highest BCUT2D eigenvalue weighted by Crippen LogP contribution is 2.22. The Balaban J connectivity index is 1.77. The minimum atomic E-state index is -3.19. The first-order valence-electron chi connectivity index (χ1n) is 7.71. The van der Waals surface area contributed by atoms with Gasteiger partial charge in [-0.15, -0.1) is 0 Å². The molecule has 24 heavy (non-hydrogen) atoms. The Morgan fingerprint density at radius 1 is 1.00 bits per heavy atom. The largest absolute Gasteiger partial charge is 0.497 e. The van der Waals surface area contributed by atoms with Gasteiger partial charge in [-0.1, -0.05) is 12.1 Å². The number of ether oxygens (including phenoxy) is 1. The smallest absolute Gasteiger partial charge is 0.253 e. The highest BCUT2D eigenvalue weighted by atomic mass is 32.2. The van der Waals surface area contributed by atoms with E-state index in [4.69, 9.17) is 4.74 Å². The number of piperazine rings is 1. The van der Waals surface area contributed by atoms with Crippen molar-refractivity contribution in [3.05, 3.63) is 42.0 Å². The van der Waals surface area contributed by atoms with Gasteiger partial charge in [0, 0.05) is 31.7 Å². The molecule has 1 heterocycles. The molecule has 2 aromatic carbocycles. The molecule has 0 bridgehead atoms. The number of nitrogens with zero attached hydrogens (tertiary/aromatic N) is 2. The fourth-order valence-corrected chi connectivity index (χ4v) is 3.72. The van der Waals surface area contributed by atoms with Crippen LogP contribution in [-0.4, -0.2) is 63.1 Å². The van der Waals surface area contributed by atoms with Crippen LogP contribution in [0.5, 0.6) is 5.75 Å². The van der Waals surface area contributed by atoms with Crippen molar-refractivity contribution in [1.82, 2.24) is 9.21 Å². The maximum atomic E-state index is 12.7. The van der Waals surface area contributed by atoms with Crippen LogP contribution in [0.1, 0.15) is 10.4 Å². The van der Waals surface area contributed by atoms with Crippen LogP contribution in [0.4, 0.5) is 0 Å². The van der Waals surface area contributed by atoms with E-state index in [1.54, 1.807) is 18.1 Å². The molecule has 0 radical (unpaired) electrons. The molecule has 0 atom stereocenters. The van der Waals surface area contributed by atoms with Gasteiger partial charge in [0.2, 0.25) is 10.0 Å². The van der Waals surface area contributed by atoms with Crippen LogP contribution >= 0.6 is 0 Å². The predicted octanol–water partition coefficient (Wildman–Crippen LogP) is 1.57. The summed E-state index contributed by atoms with van der Waals surface area (Å²) < 4.78 is 29.7. The summed E-state index contributed by atoms with van der Waals surface area (Å²) in [5, 5.41) is 1.98. The van der Waals surface area contributed by atoms with E-state index >= 15 is 0 Å². The van der Waals surface area contributed by atoms with E-state index in [9.17, 15) is 13.2 Å². The third kappa shape index (κ3) is 3.37. The zero-order valence-electron chi connectivity index (χ0n) is 13.7. The minimum absolute atomic E-state index is 0.0686. The highest BCUT2D eigenvalue weighted by Gasteiger charge is 2.26. The minimum Gasteiger partial charge on any atom is -0.497 e. The van der Waals surface area contributed by atoms with Gasteiger partial charge in [0.25, 0.3) is 5.91 Å². The van der Waals surface area contributed by atoms with Crippen LogP contribution in [0.15, 0.2) is 36.4 Å². The molecule has 1 saturated heterocycles. The summed E-state index contributed by atoms with van der Waals surface area (Å²) in [6.45, 7) is 1.50. The predicted molar refractivity (Wildman–Crippen MR) is 92.8 cm³/mol. The lowest BCUT2D eigenvalue weighted by molar-refractivity contribution is 0.0698. The number of benzene rings is 2. The molecule has 1 fully saturated rings. The van der Waals surface area contributed by atoms with E-state index in [2.05, 4.69) is 0 Å². The Hall–Kier alpha value is -2.12. The van der Waals surface area contributed by atoms with Crippen LogP contribution in [0.3, 0.4) is 0 Å². The Morgan fingerprint density at radius 3 is 2.25 bits per heavy atom. The first-order chi connectivity index (χ1) is 11.4. The van der Waals surface area contributed by atoms with Crippen molar-refractivity contribution in [2.75, 3.05) is 39.5 Å². The quantitative estimate of drug-likeness (QED) is 0.844. The summed E-state index contributed by atoms with van der Waals surface area (Å²) in [5.74, 6) is 0.708. The van der Waals surface area contributed by atoms with E-state index in [1.807, 2.05) is 30.3 Å². The zero-order valence-corrected chi connectivity index (χ0v) is 14.5. The van der Waals surface area contributed by atoms with Gasteiger partial charge in [0.15, 0.2) is 0 Å². The second-order valence-electron chi connectivity index (χ2n) is 5.88. The van der Waals surface area contributed by atoms with Crippen molar-refractivity contribution in [1.29, 1.82) is 0 Å². The van der Waals surface area contributed by atoms with Gasteiger partial charge in [-0.25, -0.2) is 8.42 Å². The topological polar surface area (TPSA) is 66.9 Å². The van der Waals surface area contributed by atoms with Crippen LogP contribution in [0, 0.1) is 0 Å². The summed E-state index contributed by atoms with van der Waals surface area (Å²) in [6, 6.07) is 11.3. The molecule has 7 heteroatoms. The van der Waals surface area contributed by atoms with Crippen molar-refractivity contribution in [2.45, 2.75) is 0 Å². The molecule has 6 nitrogen and oxygen atoms in total. The number of amides is 1. The fourth-order valence-electron chi connectivity index (χ4n) is 2.89. The molecule has 0 spiro atoms. The lowest BCUT2D eigenvalue weighted by Gasteiger charge is -2.33. The van der Waals surface area contributed by atoms with Gasteiger partial charge in [0.1, 0.15) is 5.75 Å². The SMILES string of the molecule is COc1ccc2cc(C(=O)N3CCN(S(C)(=O)=O)CC3)ccc2c1. The first-order valence-corrected chi connectivity index (χ1v) is 9.55. The van der Waals surface area contributed by atoms with E-state index in [-0.39, 0.29) is 5.91 Å². The van der Waals surface area contributed by atoms with Gasteiger partial charge in [-0.3, -0.25) is 4.79 Å². The van der Waals surface area contributed by atoms with E-state index < -0.39 is 10.0 Å². The third-order valence-corrected chi connectivity index (χ3v) is 5.59. The number of carbonyl (C=O) groups is 1. The third-order valence-electron chi connectivity index (χ3n) is 4.29. The van der Waals surface area contributed by atoms with Crippen LogP contribution in [0.25, 0.3) is 10.8 Å². The molecule has 0 aliphatic carbocycles. The highest BCUT2D eigenvalue weighted by molar-refractivity contribution is 7.88. The second kappa shape index (κ2) is 6.41. The van der Waals surface area contributed by atoms with Crippen molar-refractivity contribution >= 4 is 26.7 Å². The Kier molecular flexibility index (Phi) is 4.47. The van der Waals surface area contributed by atoms with Crippen LogP contribution in [0.2, 0.25) is 0 Å². The Labute approximate surface area is 141 Å². The monoisotopic (exact) mass is 348 g/mol. The number of rotatable bonds is 3. The second-order valence-corrected chi connectivity index (χ2v) is 7.86. The molecule has 0 aromatic heterocycles. The van der Waals surface area contributed by atoms with Gasteiger partial charge < -0.3 is 9.64 Å². The average Bonchev–Trinajstić information content (AvgIpc) is 2.59.